The first kappa shape index (κ1) is 13.6. The van der Waals surface area contributed by atoms with Crippen molar-refractivity contribution in [1.29, 1.82) is 0 Å². The van der Waals surface area contributed by atoms with E-state index in [-0.39, 0.29) is 16.0 Å². The lowest BCUT2D eigenvalue weighted by Gasteiger charge is -1.98. The Morgan fingerprint density at radius 1 is 1.00 bits per heavy atom. The van der Waals surface area contributed by atoms with E-state index in [2.05, 4.69) is 5.16 Å². The topological polar surface area (TPSA) is 127 Å². The Bertz CT molecular complexity index is 1220. The van der Waals surface area contributed by atoms with Crippen molar-refractivity contribution < 1.29 is 10.1 Å². The van der Waals surface area contributed by atoms with Crippen LogP contribution < -0.4 is 21.6 Å². The first-order valence-electron chi connectivity index (χ1n) is 6.03. The van der Waals surface area contributed by atoms with Crippen molar-refractivity contribution in [1.82, 2.24) is 0 Å². The molecule has 0 aliphatic heterocycles. The van der Waals surface area contributed by atoms with Gasteiger partial charge in [-0.15, -0.1) is 0 Å². The maximum atomic E-state index is 12.4. The second-order valence-electron chi connectivity index (χ2n) is 4.56. The normalized spacial score (nSPS) is 12.1. The number of nitro groups is 1. The number of fused-ring (bicyclic) bond motifs is 1. The molecule has 1 N–H and O–H groups in total. The highest BCUT2D eigenvalue weighted by molar-refractivity contribution is 5.82. The highest BCUT2D eigenvalue weighted by atomic mass is 16.6. The molecule has 2 aliphatic rings. The van der Waals surface area contributed by atoms with Crippen molar-refractivity contribution >= 4 is 16.5 Å². The van der Waals surface area contributed by atoms with Gasteiger partial charge in [0.2, 0.25) is 10.8 Å². The molecule has 0 saturated heterocycles. The highest BCUT2D eigenvalue weighted by Gasteiger charge is 2.19. The molecule has 0 aromatic heterocycles. The van der Waals surface area contributed by atoms with Gasteiger partial charge in [-0.1, -0.05) is 29.4 Å². The Labute approximate surface area is 119 Å². The largest absolute Gasteiger partial charge is 0.410 e. The van der Waals surface area contributed by atoms with Gasteiger partial charge in [-0.25, -0.2) is 0 Å². The number of hydrogen-bond acceptors (Lipinski definition) is 7. The van der Waals surface area contributed by atoms with Gasteiger partial charge in [0, 0.05) is 22.1 Å². The second-order valence-corrected chi connectivity index (χ2v) is 4.56. The summed E-state index contributed by atoms with van der Waals surface area (Å²) in [5.41, 5.74) is -3.35. The van der Waals surface area contributed by atoms with E-state index in [0.717, 1.165) is 6.07 Å². The van der Waals surface area contributed by atoms with Gasteiger partial charge in [0.15, 0.2) is 10.9 Å². The van der Waals surface area contributed by atoms with Gasteiger partial charge in [0.25, 0.3) is 0 Å². The van der Waals surface area contributed by atoms with Crippen LogP contribution in [0, 0.1) is 20.6 Å². The SMILES string of the molecule is O=c1c(=NO)c([N+](=O)[O-])cc2c(=O)c3ccccc3c(=O)c1=2. The van der Waals surface area contributed by atoms with Crippen LogP contribution in [-0.4, -0.2) is 10.1 Å². The van der Waals surface area contributed by atoms with Gasteiger partial charge in [0.05, 0.1) is 10.1 Å². The number of hydrogen-bond donors (Lipinski definition) is 1. The Morgan fingerprint density at radius 3 is 2.14 bits per heavy atom. The minimum Gasteiger partial charge on any atom is -0.410 e. The third kappa shape index (κ3) is 1.64. The fraction of sp³-hybridized carbons (Fsp3) is 0. The predicted molar refractivity (Wildman–Crippen MR) is 74.4 cm³/mol. The summed E-state index contributed by atoms with van der Waals surface area (Å²) in [6.45, 7) is 0. The third-order valence-corrected chi connectivity index (χ3v) is 3.42. The zero-order chi connectivity index (χ0) is 16.0. The summed E-state index contributed by atoms with van der Waals surface area (Å²) >= 11 is 0. The molecule has 0 amide bonds. The first-order valence-corrected chi connectivity index (χ1v) is 6.03. The van der Waals surface area contributed by atoms with E-state index in [1.807, 2.05) is 0 Å². The van der Waals surface area contributed by atoms with E-state index in [9.17, 15) is 24.5 Å². The van der Waals surface area contributed by atoms with Gasteiger partial charge in [-0.2, -0.15) is 0 Å². The fourth-order valence-electron chi connectivity index (χ4n) is 2.43. The average molecular weight is 298 g/mol. The van der Waals surface area contributed by atoms with E-state index < -0.39 is 37.5 Å². The molecule has 0 radical (unpaired) electrons. The molecular formula is C14H6N2O6. The molecule has 0 spiro atoms. The molecule has 1 aromatic rings. The smallest absolute Gasteiger partial charge is 0.303 e. The molecule has 0 atom stereocenters. The summed E-state index contributed by atoms with van der Waals surface area (Å²) in [6, 6.07) is 6.65. The fourth-order valence-corrected chi connectivity index (χ4v) is 2.43. The minimum absolute atomic E-state index is 0.0369. The summed E-state index contributed by atoms with van der Waals surface area (Å²) < 4.78 is 0. The maximum Gasteiger partial charge on any atom is 0.303 e. The minimum atomic E-state index is -1.14. The average Bonchev–Trinajstić information content (AvgIpc) is 2.51. The van der Waals surface area contributed by atoms with Crippen molar-refractivity contribution in [3.05, 3.63) is 86.9 Å². The van der Waals surface area contributed by atoms with Crippen molar-refractivity contribution in [3.8, 4) is 0 Å². The van der Waals surface area contributed by atoms with E-state index in [4.69, 9.17) is 5.21 Å². The molecule has 3 rings (SSSR count). The number of benzene rings is 1. The summed E-state index contributed by atoms with van der Waals surface area (Å²) in [5.74, 6) is 0. The predicted octanol–water partition coefficient (Wildman–Crippen LogP) is -0.281. The van der Waals surface area contributed by atoms with Crippen molar-refractivity contribution in [2.45, 2.75) is 0 Å². The van der Waals surface area contributed by atoms with Crippen LogP contribution in [0.4, 0.5) is 5.69 Å². The Kier molecular flexibility index (Phi) is 2.81. The van der Waals surface area contributed by atoms with Gasteiger partial charge >= 0.3 is 5.69 Å². The Balaban J connectivity index is 2.87. The summed E-state index contributed by atoms with van der Waals surface area (Å²) in [4.78, 5) is 47.0. The third-order valence-electron chi connectivity index (χ3n) is 3.42. The highest BCUT2D eigenvalue weighted by Crippen LogP contribution is 2.07. The van der Waals surface area contributed by atoms with E-state index in [1.165, 1.54) is 18.2 Å². The quantitative estimate of drug-likeness (QED) is 0.374. The van der Waals surface area contributed by atoms with Crippen LogP contribution >= 0.6 is 0 Å². The number of rotatable bonds is 1. The Hall–Kier alpha value is -3.42. The van der Waals surface area contributed by atoms with Crippen LogP contribution in [0.25, 0.3) is 10.8 Å². The van der Waals surface area contributed by atoms with E-state index >= 15 is 0 Å². The van der Waals surface area contributed by atoms with Crippen LogP contribution in [0.15, 0.2) is 49.9 Å². The van der Waals surface area contributed by atoms with Gasteiger partial charge in [0.1, 0.15) is 0 Å². The lowest BCUT2D eigenvalue weighted by Crippen LogP contribution is -2.34. The molecule has 0 heterocycles. The Morgan fingerprint density at radius 2 is 1.59 bits per heavy atom. The summed E-state index contributed by atoms with van der Waals surface area (Å²) in [6.07, 6.45) is 0. The molecular weight excluding hydrogens is 292 g/mol. The summed E-state index contributed by atoms with van der Waals surface area (Å²) in [7, 11) is 0. The molecule has 0 saturated carbocycles. The summed E-state index contributed by atoms with van der Waals surface area (Å²) in [5, 5.41) is 20.7. The van der Waals surface area contributed by atoms with Crippen LogP contribution in [0.3, 0.4) is 0 Å². The second kappa shape index (κ2) is 4.55. The van der Waals surface area contributed by atoms with E-state index in [1.54, 1.807) is 6.07 Å². The lowest BCUT2D eigenvalue weighted by atomic mass is 10.0. The number of nitrogens with zero attached hydrogens (tertiary/aromatic N) is 2. The van der Waals surface area contributed by atoms with Gasteiger partial charge in [-0.3, -0.25) is 24.5 Å². The zero-order valence-corrected chi connectivity index (χ0v) is 10.8. The lowest BCUT2D eigenvalue weighted by molar-refractivity contribution is -0.386. The molecule has 22 heavy (non-hydrogen) atoms. The standard InChI is InChI=1S/C14H6N2O6/c17-12-6-3-1-2-4-7(6)13(18)10-8(12)5-9(16(21)22)11(15-20)14(10)19/h1-5,20H. The zero-order valence-electron chi connectivity index (χ0n) is 10.8. The molecule has 2 aliphatic carbocycles. The van der Waals surface area contributed by atoms with Crippen molar-refractivity contribution in [2.24, 2.45) is 5.16 Å². The molecule has 0 bridgehead atoms. The molecule has 0 fully saturated rings. The molecule has 8 nitrogen and oxygen atoms in total. The van der Waals surface area contributed by atoms with Gasteiger partial charge in [-0.05, 0) is 0 Å². The molecule has 1 aromatic carbocycles. The van der Waals surface area contributed by atoms with Crippen LogP contribution in [-0.2, 0) is 0 Å². The maximum absolute atomic E-state index is 12.4. The van der Waals surface area contributed by atoms with Crippen molar-refractivity contribution in [2.75, 3.05) is 0 Å². The molecule has 8 heteroatoms. The molecule has 0 unspecified atom stereocenters. The van der Waals surface area contributed by atoms with Crippen LogP contribution in [0.2, 0.25) is 0 Å². The first-order chi connectivity index (χ1) is 10.5. The van der Waals surface area contributed by atoms with Crippen LogP contribution in [0.1, 0.15) is 0 Å². The molecule has 108 valence electrons. The van der Waals surface area contributed by atoms with E-state index in [0.29, 0.717) is 0 Å². The van der Waals surface area contributed by atoms with Crippen LogP contribution in [0.5, 0.6) is 0 Å². The van der Waals surface area contributed by atoms with Gasteiger partial charge < -0.3 is 5.21 Å². The monoisotopic (exact) mass is 298 g/mol. The van der Waals surface area contributed by atoms with Crippen molar-refractivity contribution in [3.63, 3.8) is 0 Å².